The van der Waals surface area contributed by atoms with Crippen LogP contribution >= 0.6 is 11.3 Å². The molecule has 1 aromatic rings. The number of ether oxygens (including phenoxy) is 1. The van der Waals surface area contributed by atoms with Gasteiger partial charge in [-0.05, 0) is 18.8 Å². The fourth-order valence-electron chi connectivity index (χ4n) is 1.56. The number of anilines is 2. The van der Waals surface area contributed by atoms with Crippen molar-refractivity contribution in [3.05, 3.63) is 4.88 Å². The van der Waals surface area contributed by atoms with Crippen molar-refractivity contribution in [2.45, 2.75) is 33.6 Å². The van der Waals surface area contributed by atoms with E-state index in [1.165, 1.54) is 11.3 Å². The second-order valence-electron chi connectivity index (χ2n) is 5.23. The van der Waals surface area contributed by atoms with Crippen LogP contribution in [0.1, 0.15) is 43.3 Å². The average molecular weight is 314 g/mol. The lowest BCUT2D eigenvalue weighted by atomic mass is 10.2. The largest absolute Gasteiger partial charge is 0.382 e. The first kappa shape index (κ1) is 17.7. The molecule has 0 aromatic carbocycles. The molecule has 4 N–H and O–H groups in total. The molecule has 0 radical (unpaired) electrons. The quantitative estimate of drug-likeness (QED) is 0.577. The summed E-state index contributed by atoms with van der Waals surface area (Å²) < 4.78 is 5.36. The Morgan fingerprint density at radius 3 is 2.86 bits per heavy atom. The van der Waals surface area contributed by atoms with Gasteiger partial charge in [0.2, 0.25) is 0 Å². The predicted molar refractivity (Wildman–Crippen MR) is 87.9 cm³/mol. The molecule has 0 aliphatic heterocycles. The zero-order valence-electron chi connectivity index (χ0n) is 13.1. The van der Waals surface area contributed by atoms with Crippen LogP contribution in [0.5, 0.6) is 0 Å². The lowest BCUT2D eigenvalue weighted by Crippen LogP contribution is -2.25. The Kier molecular flexibility index (Phi) is 8.07. The van der Waals surface area contributed by atoms with Crippen LogP contribution in [0.4, 0.5) is 10.9 Å². The zero-order chi connectivity index (χ0) is 15.7. The highest BCUT2D eigenvalue weighted by molar-refractivity contribution is 7.18. The van der Waals surface area contributed by atoms with Gasteiger partial charge in [-0.25, -0.2) is 4.98 Å². The molecule has 1 rings (SSSR count). The Balaban J connectivity index is 2.36. The van der Waals surface area contributed by atoms with Crippen LogP contribution in [0.15, 0.2) is 0 Å². The maximum Gasteiger partial charge on any atom is 0.265 e. The van der Waals surface area contributed by atoms with E-state index in [0.717, 1.165) is 26.0 Å². The Morgan fingerprint density at radius 1 is 1.43 bits per heavy atom. The van der Waals surface area contributed by atoms with Crippen LogP contribution in [0.3, 0.4) is 0 Å². The van der Waals surface area contributed by atoms with Crippen molar-refractivity contribution in [3.63, 3.8) is 0 Å². The first-order valence-corrected chi connectivity index (χ1v) is 8.22. The summed E-state index contributed by atoms with van der Waals surface area (Å²) in [5.74, 6) is 0.625. The molecule has 0 saturated carbocycles. The van der Waals surface area contributed by atoms with E-state index in [2.05, 4.69) is 36.4 Å². The minimum absolute atomic E-state index is 0.168. The normalized spacial score (nSPS) is 10.9. The summed E-state index contributed by atoms with van der Waals surface area (Å²) in [6, 6.07) is 0. The van der Waals surface area contributed by atoms with Gasteiger partial charge < -0.3 is 21.1 Å². The smallest absolute Gasteiger partial charge is 0.265 e. The fourth-order valence-corrected chi connectivity index (χ4v) is 2.37. The molecular formula is C14H26N4O2S. The molecule has 1 aromatic heterocycles. The lowest BCUT2D eigenvalue weighted by molar-refractivity contribution is 0.0946. The molecule has 0 saturated heterocycles. The molecular weight excluding hydrogens is 288 g/mol. The monoisotopic (exact) mass is 314 g/mol. The van der Waals surface area contributed by atoms with E-state index < -0.39 is 0 Å². The topological polar surface area (TPSA) is 89.3 Å². The highest BCUT2D eigenvalue weighted by Gasteiger charge is 2.15. The molecule has 0 aliphatic carbocycles. The summed E-state index contributed by atoms with van der Waals surface area (Å²) >= 11 is 1.29. The summed E-state index contributed by atoms with van der Waals surface area (Å²) in [6.07, 6.45) is 1.80. The van der Waals surface area contributed by atoms with E-state index in [1.54, 1.807) is 0 Å². The van der Waals surface area contributed by atoms with Gasteiger partial charge in [0.25, 0.3) is 5.91 Å². The van der Waals surface area contributed by atoms with Gasteiger partial charge >= 0.3 is 0 Å². The van der Waals surface area contributed by atoms with Crippen molar-refractivity contribution in [1.29, 1.82) is 0 Å². The van der Waals surface area contributed by atoms with Crippen molar-refractivity contribution in [2.24, 2.45) is 5.92 Å². The Morgan fingerprint density at radius 2 is 2.19 bits per heavy atom. The van der Waals surface area contributed by atoms with E-state index in [-0.39, 0.29) is 11.7 Å². The number of nitrogen functional groups attached to an aromatic ring is 1. The molecule has 0 fully saturated rings. The summed E-state index contributed by atoms with van der Waals surface area (Å²) in [4.78, 5) is 16.7. The second kappa shape index (κ2) is 9.57. The Hall–Kier alpha value is -1.34. The third-order valence-electron chi connectivity index (χ3n) is 2.62. The van der Waals surface area contributed by atoms with E-state index >= 15 is 0 Å². The van der Waals surface area contributed by atoms with Crippen LogP contribution in [0, 0.1) is 5.92 Å². The van der Waals surface area contributed by atoms with Gasteiger partial charge in [0.05, 0.1) is 0 Å². The van der Waals surface area contributed by atoms with Gasteiger partial charge in [-0.1, -0.05) is 32.1 Å². The maximum absolute atomic E-state index is 12.0. The number of nitrogens with zero attached hydrogens (tertiary/aromatic N) is 1. The number of rotatable bonds is 10. The first-order valence-electron chi connectivity index (χ1n) is 7.40. The molecule has 0 bridgehead atoms. The van der Waals surface area contributed by atoms with Crippen LogP contribution in [0.2, 0.25) is 0 Å². The maximum atomic E-state index is 12.0. The fraction of sp³-hybridized carbons (Fsp3) is 0.714. The predicted octanol–water partition coefficient (Wildman–Crippen LogP) is 2.34. The number of hydrogen-bond donors (Lipinski definition) is 3. The van der Waals surface area contributed by atoms with E-state index in [0.29, 0.717) is 29.1 Å². The van der Waals surface area contributed by atoms with E-state index in [1.807, 2.05) is 0 Å². The Bertz CT molecular complexity index is 435. The van der Waals surface area contributed by atoms with Crippen molar-refractivity contribution in [3.8, 4) is 0 Å². The molecule has 1 amide bonds. The third kappa shape index (κ3) is 6.77. The number of nitrogens with one attached hydrogen (secondary N) is 2. The standard InChI is InChI=1S/C14H26N4O2S/c1-4-7-20-8-5-6-16-13(19)11-12(15)18-14(21-11)17-9-10(2)3/h10H,4-9,15H2,1-3H3,(H,16,19)(H,17,18). The zero-order valence-corrected chi connectivity index (χ0v) is 13.9. The summed E-state index contributed by atoms with van der Waals surface area (Å²) in [7, 11) is 0. The molecule has 120 valence electrons. The second-order valence-corrected chi connectivity index (χ2v) is 6.23. The third-order valence-corrected chi connectivity index (χ3v) is 3.65. The number of thiazole rings is 1. The van der Waals surface area contributed by atoms with Gasteiger partial charge in [0.1, 0.15) is 10.7 Å². The van der Waals surface area contributed by atoms with Crippen LogP contribution in [0.25, 0.3) is 0 Å². The summed E-state index contributed by atoms with van der Waals surface area (Å²) in [5.41, 5.74) is 5.79. The number of carbonyl (C=O) groups is 1. The molecule has 0 aliphatic rings. The van der Waals surface area contributed by atoms with Crippen LogP contribution < -0.4 is 16.4 Å². The van der Waals surface area contributed by atoms with Gasteiger partial charge in [-0.3, -0.25) is 4.79 Å². The van der Waals surface area contributed by atoms with Gasteiger partial charge in [0, 0.05) is 26.3 Å². The van der Waals surface area contributed by atoms with Gasteiger partial charge in [-0.2, -0.15) is 0 Å². The molecule has 21 heavy (non-hydrogen) atoms. The number of aromatic nitrogens is 1. The van der Waals surface area contributed by atoms with E-state index in [9.17, 15) is 4.79 Å². The average Bonchev–Trinajstić information content (AvgIpc) is 2.81. The van der Waals surface area contributed by atoms with Crippen molar-refractivity contribution in [1.82, 2.24) is 10.3 Å². The summed E-state index contributed by atoms with van der Waals surface area (Å²) in [6.45, 7) is 9.10. The number of hydrogen-bond acceptors (Lipinski definition) is 6. The molecule has 7 heteroatoms. The van der Waals surface area contributed by atoms with E-state index in [4.69, 9.17) is 10.5 Å². The highest BCUT2D eigenvalue weighted by atomic mass is 32.1. The number of amides is 1. The Labute approximate surface area is 130 Å². The molecule has 0 unspecified atom stereocenters. The van der Waals surface area contributed by atoms with Crippen LogP contribution in [-0.4, -0.2) is 37.2 Å². The summed E-state index contributed by atoms with van der Waals surface area (Å²) in [5, 5.41) is 6.71. The minimum Gasteiger partial charge on any atom is -0.382 e. The van der Waals surface area contributed by atoms with Crippen LogP contribution in [-0.2, 0) is 4.74 Å². The molecule has 0 spiro atoms. The molecule has 1 heterocycles. The van der Waals surface area contributed by atoms with Gasteiger partial charge in [0.15, 0.2) is 5.13 Å². The molecule has 6 nitrogen and oxygen atoms in total. The molecule has 0 atom stereocenters. The minimum atomic E-state index is -0.168. The highest BCUT2D eigenvalue weighted by Crippen LogP contribution is 2.24. The SMILES string of the molecule is CCCOCCCNC(=O)c1sc(NCC(C)C)nc1N. The first-order chi connectivity index (χ1) is 10.0. The van der Waals surface area contributed by atoms with Crippen molar-refractivity contribution in [2.75, 3.05) is 37.4 Å². The van der Waals surface area contributed by atoms with Crippen molar-refractivity contribution < 1.29 is 9.53 Å². The van der Waals surface area contributed by atoms with Gasteiger partial charge in [-0.15, -0.1) is 0 Å². The number of nitrogens with two attached hydrogens (primary N) is 1. The number of carbonyl (C=O) groups excluding carboxylic acids is 1. The lowest BCUT2D eigenvalue weighted by Gasteiger charge is -2.05. The van der Waals surface area contributed by atoms with Crippen molar-refractivity contribution >= 4 is 28.2 Å².